The molecule has 2 heterocycles. The normalized spacial score (nSPS) is 17.4. The highest BCUT2D eigenvalue weighted by molar-refractivity contribution is 7.80. The molecule has 33 heavy (non-hydrogen) atoms. The van der Waals surface area contributed by atoms with Gasteiger partial charge in [-0.2, -0.15) is 0 Å². The summed E-state index contributed by atoms with van der Waals surface area (Å²) in [7, 11) is 3.13. The number of nitrogens with one attached hydrogen (secondary N) is 1. The van der Waals surface area contributed by atoms with Crippen molar-refractivity contribution in [2.75, 3.05) is 38.9 Å². The van der Waals surface area contributed by atoms with Crippen molar-refractivity contribution in [2.45, 2.75) is 19.9 Å². The molecule has 0 unspecified atom stereocenters. The molecule has 0 saturated heterocycles. The lowest BCUT2D eigenvalue weighted by atomic mass is 9.93. The lowest BCUT2D eigenvalue weighted by Gasteiger charge is -2.38. The number of thiocarbonyl (C=S) groups is 1. The van der Waals surface area contributed by atoms with Gasteiger partial charge < -0.3 is 29.0 Å². The lowest BCUT2D eigenvalue weighted by molar-refractivity contribution is -0.139. The van der Waals surface area contributed by atoms with Crippen molar-refractivity contribution in [3.8, 4) is 23.0 Å². The van der Waals surface area contributed by atoms with E-state index in [9.17, 15) is 4.79 Å². The summed E-state index contributed by atoms with van der Waals surface area (Å²) in [6, 6.07) is 10.5. The summed E-state index contributed by atoms with van der Waals surface area (Å²) >= 11 is 5.75. The number of methoxy groups -OCH3 is 2. The van der Waals surface area contributed by atoms with Crippen LogP contribution in [0, 0.1) is 0 Å². The minimum Gasteiger partial charge on any atom is -0.493 e. The molecule has 2 aromatic carbocycles. The summed E-state index contributed by atoms with van der Waals surface area (Å²) in [5.41, 5.74) is 2.52. The average Bonchev–Trinajstić information content (AvgIpc) is 2.83. The van der Waals surface area contributed by atoms with Gasteiger partial charge in [-0.3, -0.25) is 4.90 Å². The molecule has 9 heteroatoms. The number of carbonyl (C=O) groups is 1. The van der Waals surface area contributed by atoms with Crippen molar-refractivity contribution < 1.29 is 28.5 Å². The third kappa shape index (κ3) is 4.16. The molecule has 0 saturated carbocycles. The number of allylic oxidation sites excluding steroid dienone is 1. The molecular weight excluding hydrogens is 444 g/mol. The Morgan fingerprint density at radius 1 is 1.15 bits per heavy atom. The van der Waals surface area contributed by atoms with Crippen molar-refractivity contribution in [1.29, 1.82) is 0 Å². The SMILES string of the molecule is CCOC(=O)C1=C(C)N(c2ccc3c(c2)OCCO3)C(=S)N[C@H]1c1cccc(OC)c1OC. The summed E-state index contributed by atoms with van der Waals surface area (Å²) < 4.78 is 27.9. The molecule has 2 aliphatic heterocycles. The molecule has 1 N–H and O–H groups in total. The minimum atomic E-state index is -0.588. The highest BCUT2D eigenvalue weighted by atomic mass is 32.1. The van der Waals surface area contributed by atoms with Gasteiger partial charge >= 0.3 is 5.97 Å². The fraction of sp³-hybridized carbons (Fsp3) is 0.333. The van der Waals surface area contributed by atoms with Crippen LogP contribution in [0.2, 0.25) is 0 Å². The third-order valence-corrected chi connectivity index (χ3v) is 5.81. The number of benzene rings is 2. The minimum absolute atomic E-state index is 0.242. The lowest BCUT2D eigenvalue weighted by Crippen LogP contribution is -2.48. The number of ether oxygens (including phenoxy) is 5. The first-order valence-corrected chi connectivity index (χ1v) is 11.0. The molecule has 0 bridgehead atoms. The van der Waals surface area contributed by atoms with Crippen molar-refractivity contribution in [3.63, 3.8) is 0 Å². The van der Waals surface area contributed by atoms with Crippen molar-refractivity contribution in [3.05, 3.63) is 53.2 Å². The maximum Gasteiger partial charge on any atom is 0.338 e. The first kappa shape index (κ1) is 22.7. The Morgan fingerprint density at radius 2 is 1.91 bits per heavy atom. The number of anilines is 1. The number of fused-ring (bicyclic) bond motifs is 1. The second-order valence-electron chi connectivity index (χ2n) is 7.35. The van der Waals surface area contributed by atoms with Gasteiger partial charge in [-0.1, -0.05) is 12.1 Å². The summed E-state index contributed by atoms with van der Waals surface area (Å²) in [5.74, 6) is 1.93. The topological polar surface area (TPSA) is 78.5 Å². The predicted molar refractivity (Wildman–Crippen MR) is 127 cm³/mol. The molecule has 2 aromatic rings. The van der Waals surface area contributed by atoms with Gasteiger partial charge in [0.2, 0.25) is 0 Å². The zero-order valence-electron chi connectivity index (χ0n) is 19.0. The standard InChI is InChI=1S/C24H26N2O6S/c1-5-30-23(27)20-14(2)26(15-9-10-17-19(13-15)32-12-11-31-17)24(33)25-21(20)16-7-6-8-18(28-3)22(16)29-4/h6-10,13,21H,5,11-12H2,1-4H3,(H,25,33)/t21-/m0/s1. The largest absolute Gasteiger partial charge is 0.493 e. The fourth-order valence-electron chi connectivity index (χ4n) is 4.07. The average molecular weight is 471 g/mol. The first-order chi connectivity index (χ1) is 16.0. The first-order valence-electron chi connectivity index (χ1n) is 10.6. The van der Waals surface area contributed by atoms with Crippen LogP contribution < -0.4 is 29.2 Å². The van der Waals surface area contributed by atoms with Crippen LogP contribution in [0.3, 0.4) is 0 Å². The van der Waals surface area contributed by atoms with E-state index in [1.54, 1.807) is 32.1 Å². The van der Waals surface area contributed by atoms with Crippen molar-refractivity contribution in [2.24, 2.45) is 0 Å². The Bertz CT molecular complexity index is 1120. The van der Waals surface area contributed by atoms with E-state index < -0.39 is 12.0 Å². The van der Waals surface area contributed by atoms with E-state index in [-0.39, 0.29) is 6.61 Å². The quantitative estimate of drug-likeness (QED) is 0.502. The third-order valence-electron chi connectivity index (χ3n) is 5.51. The predicted octanol–water partition coefficient (Wildman–Crippen LogP) is 3.75. The number of hydrogen-bond donors (Lipinski definition) is 1. The smallest absolute Gasteiger partial charge is 0.338 e. The van der Waals surface area contributed by atoms with E-state index in [0.29, 0.717) is 58.2 Å². The van der Waals surface area contributed by atoms with Gasteiger partial charge in [-0.25, -0.2) is 4.79 Å². The molecular formula is C24H26N2O6S. The van der Waals surface area contributed by atoms with Gasteiger partial charge in [0.15, 0.2) is 28.1 Å². The van der Waals surface area contributed by atoms with Crippen LogP contribution in [-0.4, -0.2) is 45.1 Å². The number of esters is 1. The fourth-order valence-corrected chi connectivity index (χ4v) is 4.43. The molecule has 2 aliphatic rings. The Balaban J connectivity index is 1.84. The van der Waals surface area contributed by atoms with Gasteiger partial charge in [0.25, 0.3) is 0 Å². The Labute approximate surface area is 198 Å². The highest BCUT2D eigenvalue weighted by Crippen LogP contribution is 2.42. The molecule has 8 nitrogen and oxygen atoms in total. The highest BCUT2D eigenvalue weighted by Gasteiger charge is 2.37. The Morgan fingerprint density at radius 3 is 2.61 bits per heavy atom. The van der Waals surface area contributed by atoms with Crippen molar-refractivity contribution >= 4 is 29.0 Å². The molecule has 0 aliphatic carbocycles. The van der Waals surface area contributed by atoms with Gasteiger partial charge in [0, 0.05) is 17.3 Å². The van der Waals surface area contributed by atoms with Crippen LogP contribution in [0.5, 0.6) is 23.0 Å². The number of para-hydroxylation sites is 1. The molecule has 0 amide bonds. The van der Waals surface area contributed by atoms with Crippen LogP contribution in [0.1, 0.15) is 25.5 Å². The molecule has 0 radical (unpaired) electrons. The Kier molecular flexibility index (Phi) is 6.60. The van der Waals surface area contributed by atoms with Crippen LogP contribution in [0.4, 0.5) is 5.69 Å². The molecule has 4 rings (SSSR count). The number of hydrogen-bond acceptors (Lipinski definition) is 7. The van der Waals surface area contributed by atoms with Crippen LogP contribution >= 0.6 is 12.2 Å². The van der Waals surface area contributed by atoms with E-state index >= 15 is 0 Å². The zero-order chi connectivity index (χ0) is 23.5. The summed E-state index contributed by atoms with van der Waals surface area (Å²) in [6.07, 6.45) is 0. The van der Waals surface area contributed by atoms with Crippen LogP contribution in [0.25, 0.3) is 0 Å². The monoisotopic (exact) mass is 470 g/mol. The van der Waals surface area contributed by atoms with Crippen LogP contribution in [0.15, 0.2) is 47.7 Å². The maximum atomic E-state index is 13.2. The van der Waals surface area contributed by atoms with Crippen molar-refractivity contribution in [1.82, 2.24) is 5.32 Å². The second-order valence-corrected chi connectivity index (χ2v) is 7.73. The van der Waals surface area contributed by atoms with E-state index in [0.717, 1.165) is 5.69 Å². The molecule has 0 fully saturated rings. The maximum absolute atomic E-state index is 13.2. The molecule has 1 atom stereocenters. The van der Waals surface area contributed by atoms with Gasteiger partial charge in [-0.15, -0.1) is 0 Å². The summed E-state index contributed by atoms with van der Waals surface area (Å²) in [5, 5.41) is 3.72. The Hall–Kier alpha value is -3.46. The number of carbonyl (C=O) groups excluding carboxylic acids is 1. The van der Waals surface area contributed by atoms with Gasteiger partial charge in [-0.05, 0) is 44.3 Å². The number of nitrogens with zero attached hydrogens (tertiary/aromatic N) is 1. The van der Waals surface area contributed by atoms with E-state index in [4.69, 9.17) is 35.9 Å². The number of rotatable bonds is 6. The molecule has 0 aromatic heterocycles. The van der Waals surface area contributed by atoms with E-state index in [2.05, 4.69) is 5.32 Å². The molecule has 0 spiro atoms. The second kappa shape index (κ2) is 9.58. The van der Waals surface area contributed by atoms with Gasteiger partial charge in [0.05, 0.1) is 38.1 Å². The van der Waals surface area contributed by atoms with E-state index in [1.807, 2.05) is 37.3 Å². The van der Waals surface area contributed by atoms with Crippen LogP contribution in [-0.2, 0) is 9.53 Å². The van der Waals surface area contributed by atoms with Gasteiger partial charge in [0.1, 0.15) is 13.2 Å². The van der Waals surface area contributed by atoms with E-state index in [1.165, 1.54) is 0 Å². The summed E-state index contributed by atoms with van der Waals surface area (Å²) in [6.45, 7) is 4.84. The summed E-state index contributed by atoms with van der Waals surface area (Å²) in [4.78, 5) is 15.0. The zero-order valence-corrected chi connectivity index (χ0v) is 19.8. The molecule has 174 valence electrons.